The van der Waals surface area contributed by atoms with Crippen LogP contribution in [0.1, 0.15) is 63.6 Å². The van der Waals surface area contributed by atoms with Gasteiger partial charge in [-0.2, -0.15) is 0 Å². The largest absolute Gasteiger partial charge is 0.444 e. The van der Waals surface area contributed by atoms with Crippen LogP contribution in [-0.4, -0.2) is 35.6 Å². The monoisotopic (exact) mass is 358 g/mol. The van der Waals surface area contributed by atoms with E-state index in [-0.39, 0.29) is 24.0 Å². The number of nitrogens with zero attached hydrogens (tertiary/aromatic N) is 1. The van der Waals surface area contributed by atoms with E-state index in [0.717, 1.165) is 19.3 Å². The summed E-state index contributed by atoms with van der Waals surface area (Å²) in [5.41, 5.74) is 2.13. The highest BCUT2D eigenvalue weighted by atomic mass is 16.6. The topological polar surface area (TPSA) is 58.6 Å². The van der Waals surface area contributed by atoms with Crippen molar-refractivity contribution in [2.75, 3.05) is 13.1 Å². The Labute approximate surface area is 156 Å². The third-order valence-corrected chi connectivity index (χ3v) is 5.20. The smallest absolute Gasteiger partial charge is 0.410 e. The molecular weight excluding hydrogens is 328 g/mol. The first kappa shape index (κ1) is 18.7. The molecule has 1 aromatic rings. The van der Waals surface area contributed by atoms with Crippen LogP contribution < -0.4 is 5.32 Å². The van der Waals surface area contributed by atoms with Crippen LogP contribution in [0.2, 0.25) is 0 Å². The van der Waals surface area contributed by atoms with Gasteiger partial charge in [-0.3, -0.25) is 4.79 Å². The number of piperidine rings is 1. The Bertz CT molecular complexity index is 657. The molecule has 0 saturated carbocycles. The Kier molecular flexibility index (Phi) is 5.54. The summed E-state index contributed by atoms with van der Waals surface area (Å²) in [5.74, 6) is 0.0957. The van der Waals surface area contributed by atoms with E-state index in [2.05, 4.69) is 23.5 Å². The molecule has 5 nitrogen and oxygen atoms in total. The molecule has 2 amide bonds. The van der Waals surface area contributed by atoms with Crippen molar-refractivity contribution < 1.29 is 14.3 Å². The number of amides is 2. The van der Waals surface area contributed by atoms with E-state index in [1.165, 1.54) is 11.1 Å². The van der Waals surface area contributed by atoms with Gasteiger partial charge in [-0.25, -0.2) is 4.79 Å². The molecule has 0 aromatic heterocycles. The normalized spacial score (nSPS) is 21.0. The lowest BCUT2D eigenvalue weighted by Crippen LogP contribution is -2.45. The van der Waals surface area contributed by atoms with Crippen LogP contribution >= 0.6 is 0 Å². The molecule has 0 spiro atoms. The molecule has 142 valence electrons. The first-order valence-corrected chi connectivity index (χ1v) is 9.69. The van der Waals surface area contributed by atoms with Crippen molar-refractivity contribution in [1.82, 2.24) is 10.2 Å². The molecule has 26 heavy (non-hydrogen) atoms. The fraction of sp³-hybridized carbons (Fsp3) is 0.619. The highest BCUT2D eigenvalue weighted by Crippen LogP contribution is 2.30. The predicted octanol–water partition coefficient (Wildman–Crippen LogP) is 3.83. The van der Waals surface area contributed by atoms with Gasteiger partial charge in [0.05, 0.1) is 6.04 Å². The van der Waals surface area contributed by atoms with Crippen molar-refractivity contribution in [3.8, 4) is 0 Å². The van der Waals surface area contributed by atoms with Crippen molar-refractivity contribution in [1.29, 1.82) is 0 Å². The minimum atomic E-state index is -0.486. The van der Waals surface area contributed by atoms with E-state index in [0.29, 0.717) is 25.9 Å². The minimum Gasteiger partial charge on any atom is -0.444 e. The predicted molar refractivity (Wildman–Crippen MR) is 101 cm³/mol. The third kappa shape index (κ3) is 4.57. The summed E-state index contributed by atoms with van der Waals surface area (Å²) in [5, 5.41) is 3.25. The van der Waals surface area contributed by atoms with Crippen LogP contribution in [-0.2, 0) is 16.0 Å². The molecule has 1 aromatic carbocycles. The number of rotatable bonds is 2. The molecular formula is C21H30N2O3. The Morgan fingerprint density at radius 1 is 1.12 bits per heavy atom. The van der Waals surface area contributed by atoms with Crippen LogP contribution in [0.4, 0.5) is 4.79 Å². The second kappa shape index (κ2) is 7.68. The number of fused-ring (bicyclic) bond motifs is 1. The number of ether oxygens (including phenoxy) is 1. The summed E-state index contributed by atoms with van der Waals surface area (Å²) in [6.07, 6.45) is 4.31. The minimum absolute atomic E-state index is 0.0252. The second-order valence-corrected chi connectivity index (χ2v) is 8.39. The Morgan fingerprint density at radius 3 is 2.50 bits per heavy atom. The average molecular weight is 358 g/mol. The van der Waals surface area contributed by atoms with Gasteiger partial charge in [-0.15, -0.1) is 0 Å². The molecule has 1 heterocycles. The van der Waals surface area contributed by atoms with Crippen LogP contribution in [0, 0.1) is 5.92 Å². The van der Waals surface area contributed by atoms with Crippen LogP contribution in [0.3, 0.4) is 0 Å². The van der Waals surface area contributed by atoms with Gasteiger partial charge in [0.25, 0.3) is 0 Å². The van der Waals surface area contributed by atoms with E-state index in [9.17, 15) is 9.59 Å². The highest BCUT2D eigenvalue weighted by molar-refractivity contribution is 5.79. The van der Waals surface area contributed by atoms with E-state index in [4.69, 9.17) is 4.74 Å². The van der Waals surface area contributed by atoms with Crippen molar-refractivity contribution in [3.63, 3.8) is 0 Å². The molecule has 0 bridgehead atoms. The SMILES string of the molecule is CC(C)(C)OC(=O)N1CCC(C(=O)NC2CCCc3ccccc32)CC1. The van der Waals surface area contributed by atoms with Crippen LogP contribution in [0.5, 0.6) is 0 Å². The molecule has 5 heteroatoms. The maximum Gasteiger partial charge on any atom is 0.410 e. The summed E-state index contributed by atoms with van der Waals surface area (Å²) in [6.45, 7) is 6.76. The molecule has 1 aliphatic carbocycles. The van der Waals surface area contributed by atoms with Crippen molar-refractivity contribution >= 4 is 12.0 Å². The zero-order valence-corrected chi connectivity index (χ0v) is 16.1. The van der Waals surface area contributed by atoms with Crippen LogP contribution in [0.25, 0.3) is 0 Å². The zero-order valence-electron chi connectivity index (χ0n) is 16.1. The van der Waals surface area contributed by atoms with E-state index < -0.39 is 5.60 Å². The van der Waals surface area contributed by atoms with Crippen LogP contribution in [0.15, 0.2) is 24.3 Å². The number of benzene rings is 1. The molecule has 1 fully saturated rings. The first-order valence-electron chi connectivity index (χ1n) is 9.69. The highest BCUT2D eigenvalue weighted by Gasteiger charge is 2.31. The lowest BCUT2D eigenvalue weighted by atomic mass is 9.87. The van der Waals surface area contributed by atoms with Crippen molar-refractivity contribution in [3.05, 3.63) is 35.4 Å². The van der Waals surface area contributed by atoms with Gasteiger partial charge >= 0.3 is 6.09 Å². The number of nitrogens with one attached hydrogen (secondary N) is 1. The quantitative estimate of drug-likeness (QED) is 0.874. The Hall–Kier alpha value is -2.04. The summed E-state index contributed by atoms with van der Waals surface area (Å²) in [7, 11) is 0. The molecule has 2 aliphatic rings. The standard InChI is InChI=1S/C21H30N2O3/c1-21(2,3)26-20(25)23-13-11-16(12-14-23)19(24)22-18-10-6-8-15-7-4-5-9-17(15)18/h4-5,7,9,16,18H,6,8,10-14H2,1-3H3,(H,22,24). The maximum atomic E-state index is 12.7. The Balaban J connectivity index is 1.53. The molecule has 3 rings (SSSR count). The number of carbonyl (C=O) groups is 2. The number of hydrogen-bond donors (Lipinski definition) is 1. The zero-order chi connectivity index (χ0) is 18.7. The fourth-order valence-electron chi connectivity index (χ4n) is 3.84. The number of carbonyl (C=O) groups excluding carboxylic acids is 2. The second-order valence-electron chi connectivity index (χ2n) is 8.39. The summed E-state index contributed by atoms with van der Waals surface area (Å²) >= 11 is 0. The lowest BCUT2D eigenvalue weighted by Gasteiger charge is -2.34. The third-order valence-electron chi connectivity index (χ3n) is 5.20. The molecule has 1 saturated heterocycles. The molecule has 1 aliphatic heterocycles. The molecule has 1 N–H and O–H groups in total. The van der Waals surface area contributed by atoms with Gasteiger partial charge in [0, 0.05) is 19.0 Å². The summed E-state index contributed by atoms with van der Waals surface area (Å²) in [4.78, 5) is 26.6. The summed E-state index contributed by atoms with van der Waals surface area (Å²) in [6, 6.07) is 8.52. The van der Waals surface area contributed by atoms with Gasteiger partial charge in [-0.1, -0.05) is 24.3 Å². The van der Waals surface area contributed by atoms with Gasteiger partial charge in [0.15, 0.2) is 0 Å². The van der Waals surface area contributed by atoms with E-state index in [1.54, 1.807) is 4.90 Å². The summed E-state index contributed by atoms with van der Waals surface area (Å²) < 4.78 is 5.42. The first-order chi connectivity index (χ1) is 12.3. The lowest BCUT2D eigenvalue weighted by molar-refractivity contribution is -0.127. The van der Waals surface area contributed by atoms with Gasteiger partial charge in [-0.05, 0) is 64.0 Å². The molecule has 0 radical (unpaired) electrons. The van der Waals surface area contributed by atoms with Crippen molar-refractivity contribution in [2.24, 2.45) is 5.92 Å². The van der Waals surface area contributed by atoms with Gasteiger partial charge in [0.2, 0.25) is 5.91 Å². The number of aryl methyl sites for hydroxylation is 1. The van der Waals surface area contributed by atoms with E-state index >= 15 is 0 Å². The Morgan fingerprint density at radius 2 is 1.81 bits per heavy atom. The maximum absolute atomic E-state index is 12.7. The van der Waals surface area contributed by atoms with E-state index in [1.807, 2.05) is 26.8 Å². The molecule has 1 atom stereocenters. The number of likely N-dealkylation sites (tertiary alicyclic amines) is 1. The van der Waals surface area contributed by atoms with Gasteiger partial charge < -0.3 is 15.0 Å². The number of hydrogen-bond acceptors (Lipinski definition) is 3. The fourth-order valence-corrected chi connectivity index (χ4v) is 3.84. The average Bonchev–Trinajstić information content (AvgIpc) is 2.61. The van der Waals surface area contributed by atoms with Crippen molar-refractivity contribution in [2.45, 2.75) is 64.5 Å². The van der Waals surface area contributed by atoms with Gasteiger partial charge in [0.1, 0.15) is 5.60 Å². The molecule has 1 unspecified atom stereocenters.